The van der Waals surface area contributed by atoms with E-state index in [0.29, 0.717) is 9.60 Å². The summed E-state index contributed by atoms with van der Waals surface area (Å²) in [5.41, 5.74) is -1.87. The Hall–Kier alpha value is -2.22. The van der Waals surface area contributed by atoms with Crippen LogP contribution >= 0.6 is 23.1 Å². The lowest BCUT2D eigenvalue weighted by Gasteiger charge is -2.47. The molecule has 0 bridgehead atoms. The molecule has 2 unspecified atom stereocenters. The van der Waals surface area contributed by atoms with E-state index in [0.717, 1.165) is 47.4 Å². The molecular weight excluding hydrogens is 643 g/mol. The average molecular weight is 663 g/mol. The van der Waals surface area contributed by atoms with Crippen LogP contribution in [0, 0.1) is 0 Å². The van der Waals surface area contributed by atoms with Crippen LogP contribution in [0.2, 0.25) is 0 Å². The second kappa shape index (κ2) is 9.92. The standard InChI is InChI=1S/C23H18F6N2O6S4/c24-22(25,26)13-2-4-17-15(10-13)30(7-1-9-40(32,33)34)19(38-17)12-20-31(8-6-21(31)41(35,36)37)16-11-14(23(27,28)29)3-5-18(16)39-20/h2-5,10-12,21H,1,6-9H2/p+2. The molecule has 1 saturated heterocycles. The van der Waals surface area contributed by atoms with Gasteiger partial charge in [-0.1, -0.05) is 11.3 Å². The van der Waals surface area contributed by atoms with Crippen LogP contribution in [0.25, 0.3) is 16.3 Å². The fourth-order valence-electron chi connectivity index (χ4n) is 5.07. The van der Waals surface area contributed by atoms with Gasteiger partial charge in [-0.15, -0.1) is 0 Å². The summed E-state index contributed by atoms with van der Waals surface area (Å²) in [6, 6.07) is 5.86. The average Bonchev–Trinajstić information content (AvgIpc) is 3.30. The van der Waals surface area contributed by atoms with Gasteiger partial charge in [0.05, 0.1) is 40.8 Å². The fraction of sp³-hybridized carbons (Fsp3) is 0.348. The molecule has 3 heterocycles. The Labute approximate surface area is 238 Å². The van der Waals surface area contributed by atoms with E-state index in [1.807, 2.05) is 0 Å². The third kappa shape index (κ3) is 5.62. The second-order valence-electron chi connectivity index (χ2n) is 9.53. The summed E-state index contributed by atoms with van der Waals surface area (Å²) in [6.45, 7) is -0.124. The van der Waals surface area contributed by atoms with Crippen molar-refractivity contribution in [2.45, 2.75) is 42.0 Å². The van der Waals surface area contributed by atoms with Gasteiger partial charge in [-0.25, -0.2) is 4.48 Å². The minimum Gasteiger partial charge on any atom is -0.286 e. The SMILES string of the molecule is O=S(=O)(O)CCC[n+]1c(C=C2Sc3ccc(C(F)(F)F)cc3[N+]23CCC3S(=O)(=O)O)sc2ccc(C(F)(F)F)cc21. The molecule has 0 saturated carbocycles. The van der Waals surface area contributed by atoms with Crippen LogP contribution < -0.4 is 9.05 Å². The number of benzene rings is 2. The third-order valence-corrected chi connectivity index (χ3v) is 11.4. The molecule has 1 aromatic heterocycles. The molecular formula is C23H20F6N2O6S4+2. The van der Waals surface area contributed by atoms with Crippen molar-refractivity contribution < 1.29 is 56.9 Å². The Balaban J connectivity index is 1.69. The maximum atomic E-state index is 13.6. The summed E-state index contributed by atoms with van der Waals surface area (Å²) >= 11 is 1.99. The van der Waals surface area contributed by atoms with Gasteiger partial charge in [0, 0.05) is 18.6 Å². The Kier molecular flexibility index (Phi) is 7.32. The number of aromatic nitrogens is 1. The zero-order valence-electron chi connectivity index (χ0n) is 20.5. The number of thiazole rings is 1. The van der Waals surface area contributed by atoms with Gasteiger partial charge in [-0.2, -0.15) is 47.7 Å². The van der Waals surface area contributed by atoms with E-state index in [9.17, 15) is 47.7 Å². The number of hydrogen-bond acceptors (Lipinski definition) is 6. The molecule has 3 aromatic rings. The highest BCUT2D eigenvalue weighted by Crippen LogP contribution is 2.59. The number of halogens is 6. The first-order chi connectivity index (χ1) is 18.8. The molecule has 1 fully saturated rings. The number of aryl methyl sites for hydroxylation is 1. The molecule has 2 aliphatic rings. The highest BCUT2D eigenvalue weighted by atomic mass is 32.2. The van der Waals surface area contributed by atoms with Gasteiger partial charge in [0.2, 0.25) is 10.9 Å². The number of hydrogen-bond donors (Lipinski definition) is 2. The van der Waals surface area contributed by atoms with E-state index in [1.54, 1.807) is 0 Å². The summed E-state index contributed by atoms with van der Waals surface area (Å²) < 4.78 is 149. The van der Waals surface area contributed by atoms with Crippen molar-refractivity contribution in [3.05, 3.63) is 57.6 Å². The van der Waals surface area contributed by atoms with Gasteiger partial charge in [0.1, 0.15) is 4.70 Å². The van der Waals surface area contributed by atoms with Crippen LogP contribution in [0.15, 0.2) is 46.3 Å². The van der Waals surface area contributed by atoms with Crippen molar-refractivity contribution in [2.24, 2.45) is 0 Å². The van der Waals surface area contributed by atoms with Crippen LogP contribution in [-0.4, -0.2) is 43.6 Å². The summed E-state index contributed by atoms with van der Waals surface area (Å²) in [7, 11) is -9.13. The highest BCUT2D eigenvalue weighted by molar-refractivity contribution is 8.03. The molecule has 0 radical (unpaired) electrons. The van der Waals surface area contributed by atoms with E-state index >= 15 is 0 Å². The monoisotopic (exact) mass is 662 g/mol. The number of rotatable bonds is 6. The third-order valence-electron chi connectivity index (χ3n) is 6.98. The zero-order chi connectivity index (χ0) is 30.2. The van der Waals surface area contributed by atoms with Gasteiger partial charge in [-0.3, -0.25) is 9.11 Å². The van der Waals surface area contributed by atoms with Crippen molar-refractivity contribution in [1.82, 2.24) is 4.48 Å². The van der Waals surface area contributed by atoms with Crippen molar-refractivity contribution in [2.75, 3.05) is 12.3 Å². The van der Waals surface area contributed by atoms with E-state index < -0.39 is 59.3 Å². The molecule has 5 rings (SSSR count). The summed E-state index contributed by atoms with van der Waals surface area (Å²) in [5, 5.41) is -1.02. The first kappa shape index (κ1) is 30.2. The van der Waals surface area contributed by atoms with Gasteiger partial charge >= 0.3 is 22.5 Å². The Bertz CT molecular complexity index is 1800. The van der Waals surface area contributed by atoms with E-state index in [2.05, 4.69) is 0 Å². The predicted molar refractivity (Wildman–Crippen MR) is 140 cm³/mol. The molecule has 222 valence electrons. The minimum absolute atomic E-state index is 0.0170. The van der Waals surface area contributed by atoms with E-state index in [1.165, 1.54) is 22.8 Å². The number of nitrogens with zero attached hydrogens (tertiary/aromatic N) is 2. The maximum Gasteiger partial charge on any atom is 0.416 e. The molecule has 2 atom stereocenters. The van der Waals surface area contributed by atoms with Crippen LogP contribution in [0.5, 0.6) is 0 Å². The van der Waals surface area contributed by atoms with Crippen LogP contribution in [0.1, 0.15) is 29.0 Å². The van der Waals surface area contributed by atoms with E-state index in [4.69, 9.17) is 4.55 Å². The van der Waals surface area contributed by atoms with Crippen molar-refractivity contribution in [1.29, 1.82) is 0 Å². The van der Waals surface area contributed by atoms with Gasteiger partial charge in [-0.05, 0) is 36.0 Å². The smallest absolute Gasteiger partial charge is 0.286 e. The van der Waals surface area contributed by atoms with Crippen LogP contribution in [-0.2, 0) is 39.1 Å². The number of alkyl halides is 6. The molecule has 0 aliphatic carbocycles. The topological polar surface area (TPSA) is 113 Å². The minimum atomic E-state index is -4.75. The molecule has 18 heteroatoms. The maximum absolute atomic E-state index is 13.6. The molecule has 0 amide bonds. The second-order valence-corrected chi connectivity index (χ2v) is 14.8. The quantitative estimate of drug-likeness (QED) is 0.155. The molecule has 2 aromatic carbocycles. The summed E-state index contributed by atoms with van der Waals surface area (Å²) in [6.07, 6.45) is -8.21. The zero-order valence-corrected chi connectivity index (χ0v) is 23.7. The van der Waals surface area contributed by atoms with Crippen molar-refractivity contribution in [3.8, 4) is 0 Å². The fourth-order valence-corrected chi connectivity index (χ4v) is 9.34. The Morgan fingerprint density at radius 1 is 0.976 bits per heavy atom. The Morgan fingerprint density at radius 2 is 1.61 bits per heavy atom. The van der Waals surface area contributed by atoms with Gasteiger partial charge in [0.25, 0.3) is 15.1 Å². The molecule has 2 aliphatic heterocycles. The highest BCUT2D eigenvalue weighted by Gasteiger charge is 2.62. The normalized spacial score (nSPS) is 22.4. The number of thioether (sulfide) groups is 1. The lowest BCUT2D eigenvalue weighted by molar-refractivity contribution is -0.668. The van der Waals surface area contributed by atoms with Crippen molar-refractivity contribution in [3.63, 3.8) is 0 Å². The molecule has 41 heavy (non-hydrogen) atoms. The van der Waals surface area contributed by atoms with E-state index in [-0.39, 0.29) is 47.2 Å². The first-order valence-electron chi connectivity index (χ1n) is 11.8. The van der Waals surface area contributed by atoms with Crippen molar-refractivity contribution >= 4 is 65.3 Å². The first-order valence-corrected chi connectivity index (χ1v) is 16.5. The number of fused-ring (bicyclic) bond motifs is 3. The summed E-state index contributed by atoms with van der Waals surface area (Å²) in [5.74, 6) is -0.683. The van der Waals surface area contributed by atoms with Crippen LogP contribution in [0.4, 0.5) is 32.0 Å². The largest absolute Gasteiger partial charge is 0.416 e. The van der Waals surface area contributed by atoms with Gasteiger partial charge < -0.3 is 0 Å². The van der Waals surface area contributed by atoms with Gasteiger partial charge in [0.15, 0.2) is 17.3 Å². The molecule has 8 nitrogen and oxygen atoms in total. The summed E-state index contributed by atoms with van der Waals surface area (Å²) in [4.78, 5) is 0.316. The number of quaternary nitrogens is 1. The molecule has 2 N–H and O–H groups in total. The lowest BCUT2D eigenvalue weighted by atomic mass is 10.1. The van der Waals surface area contributed by atoms with Crippen LogP contribution in [0.3, 0.4) is 0 Å². The predicted octanol–water partition coefficient (Wildman–Crippen LogP) is 5.53. The Morgan fingerprint density at radius 3 is 2.17 bits per heavy atom. The molecule has 1 spiro atoms. The lowest BCUT2D eigenvalue weighted by Crippen LogP contribution is -2.66.